The average molecular weight is 247 g/mol. The summed E-state index contributed by atoms with van der Waals surface area (Å²) in [5.41, 5.74) is 3.59. The lowest BCUT2D eigenvalue weighted by atomic mass is 10.3. The van der Waals surface area contributed by atoms with Gasteiger partial charge in [0.25, 0.3) is 0 Å². The van der Waals surface area contributed by atoms with E-state index in [0.717, 1.165) is 31.7 Å². The van der Waals surface area contributed by atoms with Crippen LogP contribution in [0.5, 0.6) is 0 Å². The maximum atomic E-state index is 4.43. The van der Waals surface area contributed by atoms with Gasteiger partial charge in [-0.15, -0.1) is 0 Å². The number of nitrogens with one attached hydrogen (secondary N) is 1. The van der Waals surface area contributed by atoms with Crippen LogP contribution in [0.2, 0.25) is 0 Å². The normalized spacial score (nSPS) is 11.1. The van der Waals surface area contributed by atoms with Crippen LogP contribution in [0.3, 0.4) is 0 Å². The molecule has 0 unspecified atom stereocenters. The van der Waals surface area contributed by atoms with E-state index in [4.69, 9.17) is 0 Å². The number of nitrogens with zero attached hydrogens (tertiary/aromatic N) is 4. The van der Waals surface area contributed by atoms with Crippen LogP contribution < -0.4 is 5.32 Å². The summed E-state index contributed by atoms with van der Waals surface area (Å²) in [6.07, 6.45) is 2.83. The standard InChI is InChI=1S/C13H21N5/c1-4-18-13(9-11(2)16-18)10-14-7-5-12-6-8-15-17(12)3/h6,8-9,14H,4-5,7,10H2,1-3H3. The Hall–Kier alpha value is -1.62. The first kappa shape index (κ1) is 12.8. The first-order valence-corrected chi connectivity index (χ1v) is 6.41. The average Bonchev–Trinajstić information content (AvgIpc) is 2.91. The molecule has 0 saturated carbocycles. The molecule has 0 aliphatic carbocycles. The highest BCUT2D eigenvalue weighted by molar-refractivity contribution is 5.08. The van der Waals surface area contributed by atoms with Crippen LogP contribution in [-0.2, 0) is 26.6 Å². The topological polar surface area (TPSA) is 47.7 Å². The van der Waals surface area contributed by atoms with Crippen molar-refractivity contribution in [3.05, 3.63) is 35.4 Å². The molecule has 0 spiro atoms. The second-order valence-electron chi connectivity index (χ2n) is 4.47. The van der Waals surface area contributed by atoms with Crippen LogP contribution >= 0.6 is 0 Å². The molecule has 0 fully saturated rings. The van der Waals surface area contributed by atoms with Gasteiger partial charge in [-0.3, -0.25) is 9.36 Å². The SMILES string of the molecule is CCn1nc(C)cc1CNCCc1ccnn1C. The van der Waals surface area contributed by atoms with E-state index in [1.54, 1.807) is 0 Å². The molecule has 0 aromatic carbocycles. The fraction of sp³-hybridized carbons (Fsp3) is 0.538. The van der Waals surface area contributed by atoms with Gasteiger partial charge >= 0.3 is 0 Å². The summed E-state index contributed by atoms with van der Waals surface area (Å²) in [6, 6.07) is 4.20. The molecular formula is C13H21N5. The number of aromatic nitrogens is 4. The van der Waals surface area contributed by atoms with Crippen molar-refractivity contribution in [1.29, 1.82) is 0 Å². The van der Waals surface area contributed by atoms with Crippen molar-refractivity contribution in [3.8, 4) is 0 Å². The molecule has 1 N–H and O–H groups in total. The summed E-state index contributed by atoms with van der Waals surface area (Å²) in [5, 5.41) is 12.0. The van der Waals surface area contributed by atoms with E-state index in [-0.39, 0.29) is 0 Å². The molecule has 98 valence electrons. The Labute approximate surface area is 108 Å². The van der Waals surface area contributed by atoms with Gasteiger partial charge in [-0.2, -0.15) is 10.2 Å². The first-order chi connectivity index (χ1) is 8.70. The molecule has 2 aromatic heterocycles. The van der Waals surface area contributed by atoms with Gasteiger partial charge in [-0.25, -0.2) is 0 Å². The quantitative estimate of drug-likeness (QED) is 0.782. The second-order valence-corrected chi connectivity index (χ2v) is 4.47. The van der Waals surface area contributed by atoms with E-state index in [1.165, 1.54) is 11.4 Å². The van der Waals surface area contributed by atoms with Gasteiger partial charge in [-0.05, 0) is 26.0 Å². The molecule has 0 saturated heterocycles. The lowest BCUT2D eigenvalue weighted by molar-refractivity contribution is 0.574. The molecule has 0 radical (unpaired) electrons. The largest absolute Gasteiger partial charge is 0.311 e. The molecule has 2 heterocycles. The van der Waals surface area contributed by atoms with E-state index in [9.17, 15) is 0 Å². The molecule has 5 heteroatoms. The Morgan fingerprint density at radius 1 is 1.33 bits per heavy atom. The Bertz CT molecular complexity index is 497. The third kappa shape index (κ3) is 2.98. The lowest BCUT2D eigenvalue weighted by Gasteiger charge is -2.07. The number of rotatable bonds is 6. The van der Waals surface area contributed by atoms with Gasteiger partial charge in [0, 0.05) is 45.0 Å². The highest BCUT2D eigenvalue weighted by Gasteiger charge is 2.03. The Morgan fingerprint density at radius 2 is 2.17 bits per heavy atom. The van der Waals surface area contributed by atoms with E-state index in [1.807, 2.05) is 29.5 Å². The van der Waals surface area contributed by atoms with Gasteiger partial charge in [0.1, 0.15) is 0 Å². The molecule has 18 heavy (non-hydrogen) atoms. The fourth-order valence-corrected chi connectivity index (χ4v) is 2.09. The molecule has 2 aromatic rings. The summed E-state index contributed by atoms with van der Waals surface area (Å²) >= 11 is 0. The molecule has 0 aliphatic heterocycles. The maximum absolute atomic E-state index is 4.43. The van der Waals surface area contributed by atoms with Gasteiger partial charge in [-0.1, -0.05) is 0 Å². The molecule has 0 amide bonds. The van der Waals surface area contributed by atoms with Crippen molar-refractivity contribution in [3.63, 3.8) is 0 Å². The van der Waals surface area contributed by atoms with Crippen molar-refractivity contribution in [2.24, 2.45) is 7.05 Å². The summed E-state index contributed by atoms with van der Waals surface area (Å²) in [4.78, 5) is 0. The monoisotopic (exact) mass is 247 g/mol. The number of hydrogen-bond acceptors (Lipinski definition) is 3. The zero-order chi connectivity index (χ0) is 13.0. The van der Waals surface area contributed by atoms with Crippen LogP contribution in [-0.4, -0.2) is 26.1 Å². The lowest BCUT2D eigenvalue weighted by Crippen LogP contribution is -2.20. The molecule has 0 bridgehead atoms. The van der Waals surface area contributed by atoms with E-state index in [0.29, 0.717) is 0 Å². The van der Waals surface area contributed by atoms with Crippen molar-refractivity contribution in [1.82, 2.24) is 24.9 Å². The maximum Gasteiger partial charge on any atom is 0.0597 e. The van der Waals surface area contributed by atoms with Crippen LogP contribution in [0, 0.1) is 6.92 Å². The zero-order valence-electron chi connectivity index (χ0n) is 11.3. The molecule has 0 atom stereocenters. The van der Waals surface area contributed by atoms with Crippen molar-refractivity contribution in [2.75, 3.05) is 6.54 Å². The van der Waals surface area contributed by atoms with Crippen LogP contribution in [0.15, 0.2) is 18.3 Å². The molecule has 2 rings (SSSR count). The predicted octanol–water partition coefficient (Wildman–Crippen LogP) is 1.28. The first-order valence-electron chi connectivity index (χ1n) is 6.41. The van der Waals surface area contributed by atoms with E-state index in [2.05, 4.69) is 34.6 Å². The highest BCUT2D eigenvalue weighted by Crippen LogP contribution is 2.03. The van der Waals surface area contributed by atoms with Gasteiger partial charge < -0.3 is 5.32 Å². The van der Waals surface area contributed by atoms with Gasteiger partial charge in [0.05, 0.1) is 11.4 Å². The summed E-state index contributed by atoms with van der Waals surface area (Å²) < 4.78 is 3.97. The van der Waals surface area contributed by atoms with Crippen LogP contribution in [0.25, 0.3) is 0 Å². The summed E-state index contributed by atoms with van der Waals surface area (Å²) in [6.45, 7) is 6.89. The Balaban J connectivity index is 1.80. The molecule has 0 aliphatic rings. The summed E-state index contributed by atoms with van der Waals surface area (Å²) in [7, 11) is 1.98. The number of aryl methyl sites for hydroxylation is 3. The minimum Gasteiger partial charge on any atom is -0.311 e. The van der Waals surface area contributed by atoms with Crippen LogP contribution in [0.1, 0.15) is 24.0 Å². The number of hydrogen-bond donors (Lipinski definition) is 1. The minimum absolute atomic E-state index is 0.868. The van der Waals surface area contributed by atoms with Crippen molar-refractivity contribution in [2.45, 2.75) is 33.4 Å². The van der Waals surface area contributed by atoms with E-state index < -0.39 is 0 Å². The molecular weight excluding hydrogens is 226 g/mol. The smallest absolute Gasteiger partial charge is 0.0597 e. The predicted molar refractivity (Wildman–Crippen MR) is 71.3 cm³/mol. The summed E-state index contributed by atoms with van der Waals surface area (Å²) in [5.74, 6) is 0. The van der Waals surface area contributed by atoms with Crippen molar-refractivity contribution >= 4 is 0 Å². The third-order valence-electron chi connectivity index (χ3n) is 3.07. The fourth-order valence-electron chi connectivity index (χ4n) is 2.09. The second kappa shape index (κ2) is 5.82. The van der Waals surface area contributed by atoms with Gasteiger partial charge in [0.2, 0.25) is 0 Å². The van der Waals surface area contributed by atoms with Gasteiger partial charge in [0.15, 0.2) is 0 Å². The molecule has 5 nitrogen and oxygen atoms in total. The minimum atomic E-state index is 0.868. The Morgan fingerprint density at radius 3 is 2.83 bits per heavy atom. The Kier molecular flexibility index (Phi) is 4.15. The third-order valence-corrected chi connectivity index (χ3v) is 3.07. The van der Waals surface area contributed by atoms with Crippen molar-refractivity contribution < 1.29 is 0 Å². The van der Waals surface area contributed by atoms with E-state index >= 15 is 0 Å². The highest BCUT2D eigenvalue weighted by atomic mass is 15.3. The van der Waals surface area contributed by atoms with Crippen LogP contribution in [0.4, 0.5) is 0 Å². The zero-order valence-corrected chi connectivity index (χ0v) is 11.3.